The molecule has 0 unspecified atom stereocenters. The van der Waals surface area contributed by atoms with Crippen LogP contribution in [0.4, 0.5) is 0 Å². The smallest absolute Gasteiger partial charge is 0.119 e. The molecule has 2 rings (SSSR count). The number of hydrogen-bond donors (Lipinski definition) is 0. The molecule has 1 saturated carbocycles. The second-order valence-electron chi connectivity index (χ2n) is 3.45. The van der Waals surface area contributed by atoms with Gasteiger partial charge in [0.25, 0.3) is 0 Å². The second-order valence-corrected chi connectivity index (χ2v) is 3.45. The largest absolute Gasteiger partial charge is 0.497 e. The van der Waals surface area contributed by atoms with Crippen LogP contribution in [-0.4, -0.2) is 7.11 Å². The van der Waals surface area contributed by atoms with E-state index in [4.69, 9.17) is 4.74 Å². The molecule has 0 aromatic heterocycles. The molecule has 1 radical (unpaired) electrons. The van der Waals surface area contributed by atoms with Crippen molar-refractivity contribution in [2.75, 3.05) is 7.11 Å². The zero-order valence-electron chi connectivity index (χ0n) is 7.84. The number of ether oxygens (including phenoxy) is 1. The van der Waals surface area contributed by atoms with Gasteiger partial charge in [0, 0.05) is 0 Å². The summed E-state index contributed by atoms with van der Waals surface area (Å²) in [7, 11) is 1.69. The molecule has 1 aliphatic carbocycles. The quantitative estimate of drug-likeness (QED) is 0.683. The lowest BCUT2D eigenvalue weighted by Crippen LogP contribution is -1.88. The number of methoxy groups -OCH3 is 1. The third kappa shape index (κ3) is 1.74. The summed E-state index contributed by atoms with van der Waals surface area (Å²) in [5, 5.41) is 0. The van der Waals surface area contributed by atoms with E-state index in [1.807, 2.05) is 6.07 Å². The average Bonchev–Trinajstić information content (AvgIpc) is 3.00. The molecule has 0 aliphatic heterocycles. The van der Waals surface area contributed by atoms with Crippen molar-refractivity contribution >= 4 is 0 Å². The standard InChI is InChI=1S/C12H13O/c1-3-9-6-11(10-4-5-10)8-12(7-9)13-2/h6-8,10H,1,4-5H2,2H3. The van der Waals surface area contributed by atoms with Crippen molar-refractivity contribution in [3.8, 4) is 5.75 Å². The Labute approximate surface area is 79.0 Å². The fourth-order valence-corrected chi connectivity index (χ4v) is 1.49. The van der Waals surface area contributed by atoms with E-state index in [2.05, 4.69) is 24.8 Å². The topological polar surface area (TPSA) is 9.23 Å². The van der Waals surface area contributed by atoms with Gasteiger partial charge < -0.3 is 4.74 Å². The van der Waals surface area contributed by atoms with Gasteiger partial charge in [-0.2, -0.15) is 0 Å². The predicted octanol–water partition coefficient (Wildman–Crippen LogP) is 2.91. The molecule has 13 heavy (non-hydrogen) atoms. The summed E-state index contributed by atoms with van der Waals surface area (Å²) in [5.41, 5.74) is 2.40. The summed E-state index contributed by atoms with van der Waals surface area (Å²) in [4.78, 5) is 0. The van der Waals surface area contributed by atoms with Gasteiger partial charge in [0.15, 0.2) is 0 Å². The number of rotatable bonds is 3. The minimum atomic E-state index is 0.752. The normalized spacial score (nSPS) is 15.5. The third-order valence-electron chi connectivity index (χ3n) is 2.42. The Morgan fingerprint density at radius 3 is 2.69 bits per heavy atom. The van der Waals surface area contributed by atoms with Gasteiger partial charge in [0.05, 0.1) is 7.11 Å². The van der Waals surface area contributed by atoms with Gasteiger partial charge in [-0.3, -0.25) is 0 Å². The summed E-state index contributed by atoms with van der Waals surface area (Å²) in [5.74, 6) is 1.66. The fraction of sp³-hybridized carbons (Fsp3) is 0.333. The molecule has 67 valence electrons. The van der Waals surface area contributed by atoms with Gasteiger partial charge >= 0.3 is 0 Å². The van der Waals surface area contributed by atoms with Gasteiger partial charge in [0.2, 0.25) is 0 Å². The molecule has 0 N–H and O–H groups in total. The van der Waals surface area contributed by atoms with E-state index in [0.717, 1.165) is 17.2 Å². The summed E-state index contributed by atoms with van der Waals surface area (Å²) >= 11 is 0. The monoisotopic (exact) mass is 173 g/mol. The van der Waals surface area contributed by atoms with Crippen molar-refractivity contribution in [2.45, 2.75) is 18.8 Å². The van der Waals surface area contributed by atoms with Gasteiger partial charge in [-0.25, -0.2) is 0 Å². The first-order chi connectivity index (χ1) is 6.33. The zero-order chi connectivity index (χ0) is 9.26. The van der Waals surface area contributed by atoms with Crippen LogP contribution in [0.5, 0.6) is 5.75 Å². The lowest BCUT2D eigenvalue weighted by molar-refractivity contribution is 0.414. The van der Waals surface area contributed by atoms with Crippen molar-refractivity contribution < 1.29 is 4.74 Å². The highest BCUT2D eigenvalue weighted by molar-refractivity contribution is 5.40. The molecule has 1 aliphatic rings. The van der Waals surface area contributed by atoms with Crippen LogP contribution >= 0.6 is 0 Å². The van der Waals surface area contributed by atoms with Crippen LogP contribution in [0.2, 0.25) is 0 Å². The average molecular weight is 173 g/mol. The summed E-state index contributed by atoms with van der Waals surface area (Å²) in [6.07, 6.45) is 5.51. The van der Waals surface area contributed by atoms with Crippen LogP contribution in [0.25, 0.3) is 0 Å². The van der Waals surface area contributed by atoms with Crippen LogP contribution in [0.15, 0.2) is 24.8 Å². The lowest BCUT2D eigenvalue weighted by Gasteiger charge is -2.05. The van der Waals surface area contributed by atoms with Crippen LogP contribution in [-0.2, 0) is 0 Å². The van der Waals surface area contributed by atoms with E-state index in [1.165, 1.54) is 18.4 Å². The highest BCUT2D eigenvalue weighted by atomic mass is 16.5. The van der Waals surface area contributed by atoms with E-state index in [-0.39, 0.29) is 0 Å². The van der Waals surface area contributed by atoms with Crippen molar-refractivity contribution in [1.82, 2.24) is 0 Å². The molecular weight excluding hydrogens is 160 g/mol. The van der Waals surface area contributed by atoms with Crippen molar-refractivity contribution in [1.29, 1.82) is 0 Å². The summed E-state index contributed by atoms with van der Waals surface area (Å²) < 4.78 is 5.21. The third-order valence-corrected chi connectivity index (χ3v) is 2.42. The van der Waals surface area contributed by atoms with Crippen LogP contribution < -0.4 is 4.74 Å². The Balaban J connectivity index is 2.38. The van der Waals surface area contributed by atoms with Crippen LogP contribution in [0.3, 0.4) is 0 Å². The first-order valence-corrected chi connectivity index (χ1v) is 4.55. The molecule has 0 spiro atoms. The maximum Gasteiger partial charge on any atom is 0.119 e. The van der Waals surface area contributed by atoms with Gasteiger partial charge in [-0.15, -0.1) is 0 Å². The Hall–Kier alpha value is -1.24. The molecule has 1 heteroatoms. The van der Waals surface area contributed by atoms with Crippen LogP contribution in [0, 0.1) is 6.08 Å². The van der Waals surface area contributed by atoms with E-state index < -0.39 is 0 Å². The van der Waals surface area contributed by atoms with Crippen molar-refractivity contribution in [3.05, 3.63) is 42.0 Å². The molecule has 0 amide bonds. The molecule has 0 saturated heterocycles. The summed E-state index contributed by atoms with van der Waals surface area (Å²) in [6, 6.07) is 6.21. The lowest BCUT2D eigenvalue weighted by atomic mass is 10.1. The van der Waals surface area contributed by atoms with Gasteiger partial charge in [-0.1, -0.05) is 12.6 Å². The number of hydrogen-bond acceptors (Lipinski definition) is 1. The molecule has 1 aromatic rings. The zero-order valence-corrected chi connectivity index (χ0v) is 7.84. The Kier molecular flexibility index (Phi) is 2.09. The molecule has 1 aromatic carbocycles. The maximum atomic E-state index is 5.21. The van der Waals surface area contributed by atoms with Crippen LogP contribution in [0.1, 0.15) is 29.9 Å². The van der Waals surface area contributed by atoms with Crippen molar-refractivity contribution in [3.63, 3.8) is 0 Å². The van der Waals surface area contributed by atoms with E-state index in [1.54, 1.807) is 7.11 Å². The Morgan fingerprint density at radius 1 is 1.38 bits per heavy atom. The SMILES string of the molecule is C=[C]c1cc(OC)cc(C2CC2)c1. The first-order valence-electron chi connectivity index (χ1n) is 4.55. The van der Waals surface area contributed by atoms with E-state index in [0.29, 0.717) is 0 Å². The highest BCUT2D eigenvalue weighted by Gasteiger charge is 2.24. The fourth-order valence-electron chi connectivity index (χ4n) is 1.49. The maximum absolute atomic E-state index is 5.21. The molecule has 0 heterocycles. The van der Waals surface area contributed by atoms with E-state index in [9.17, 15) is 0 Å². The Morgan fingerprint density at radius 2 is 2.15 bits per heavy atom. The molecule has 0 atom stereocenters. The minimum absolute atomic E-state index is 0.752. The molecule has 0 bridgehead atoms. The second kappa shape index (κ2) is 3.25. The van der Waals surface area contributed by atoms with Gasteiger partial charge in [0.1, 0.15) is 5.75 Å². The first kappa shape index (κ1) is 8.36. The van der Waals surface area contributed by atoms with Crippen molar-refractivity contribution in [2.24, 2.45) is 0 Å². The molecule has 1 nitrogen and oxygen atoms in total. The Bertz CT molecular complexity index is 324. The predicted molar refractivity (Wildman–Crippen MR) is 52.9 cm³/mol. The van der Waals surface area contributed by atoms with E-state index >= 15 is 0 Å². The number of benzene rings is 1. The summed E-state index contributed by atoms with van der Waals surface area (Å²) in [6.45, 7) is 3.65. The van der Waals surface area contributed by atoms with Gasteiger partial charge in [-0.05, 0) is 48.1 Å². The highest BCUT2D eigenvalue weighted by Crippen LogP contribution is 2.41. The molecule has 1 fully saturated rings. The minimum Gasteiger partial charge on any atom is -0.497 e. The molecular formula is C12H13O.